The second kappa shape index (κ2) is 5.19. The number of sulfonamides is 1. The van der Waals surface area contributed by atoms with Crippen LogP contribution in [0.2, 0.25) is 0 Å². The second-order valence-corrected chi connectivity index (χ2v) is 6.88. The Morgan fingerprint density at radius 3 is 2.16 bits per heavy atom. The molecule has 0 bridgehead atoms. The fraction of sp³-hybridized carbons (Fsp3) is 0.538. The summed E-state index contributed by atoms with van der Waals surface area (Å²) in [4.78, 5) is 0.185. The highest BCUT2D eigenvalue weighted by Crippen LogP contribution is 2.27. The molecule has 106 valence electrons. The van der Waals surface area contributed by atoms with Gasteiger partial charge >= 0.3 is 0 Å². The Morgan fingerprint density at radius 2 is 1.68 bits per heavy atom. The highest BCUT2D eigenvalue weighted by atomic mass is 32.2. The molecule has 0 atom stereocenters. The summed E-state index contributed by atoms with van der Waals surface area (Å²) in [5.41, 5.74) is 0.840. The maximum absolute atomic E-state index is 13.2. The number of benzene rings is 1. The van der Waals surface area contributed by atoms with Gasteiger partial charge in [0, 0.05) is 13.1 Å². The van der Waals surface area contributed by atoms with E-state index >= 15 is 0 Å². The van der Waals surface area contributed by atoms with Crippen LogP contribution in [0.4, 0.5) is 4.39 Å². The molecule has 1 N–H and O–H groups in total. The fourth-order valence-corrected chi connectivity index (χ4v) is 4.40. The Morgan fingerprint density at radius 1 is 1.21 bits per heavy atom. The first-order valence-electron chi connectivity index (χ1n) is 6.27. The molecular formula is C13H18FNO3S. The van der Waals surface area contributed by atoms with Crippen LogP contribution in [0.25, 0.3) is 0 Å². The number of hydrogen-bond donors (Lipinski definition) is 1. The lowest BCUT2D eigenvalue weighted by Gasteiger charge is -2.29. The van der Waals surface area contributed by atoms with Crippen molar-refractivity contribution < 1.29 is 17.9 Å². The van der Waals surface area contributed by atoms with Crippen molar-refractivity contribution in [2.24, 2.45) is 0 Å². The van der Waals surface area contributed by atoms with Gasteiger partial charge < -0.3 is 5.11 Å². The Kier molecular flexibility index (Phi) is 3.94. The summed E-state index contributed by atoms with van der Waals surface area (Å²) in [5, 5.41) is 9.44. The standard InChI is InChI=1S/C13H18FNO3S/c1-9-7-11(14)8-10(2)13(9)19(17,18)15-5-3-12(16)4-6-15/h7-8,12,16H,3-6H2,1-2H3. The van der Waals surface area contributed by atoms with Gasteiger partial charge in [0.2, 0.25) is 10.0 Å². The van der Waals surface area contributed by atoms with E-state index in [0.717, 1.165) is 0 Å². The van der Waals surface area contributed by atoms with E-state index in [9.17, 15) is 17.9 Å². The third-order valence-corrected chi connectivity index (χ3v) is 5.65. The highest BCUT2D eigenvalue weighted by Gasteiger charge is 2.31. The maximum atomic E-state index is 13.2. The van der Waals surface area contributed by atoms with Crippen LogP contribution < -0.4 is 0 Å². The van der Waals surface area contributed by atoms with Gasteiger partial charge in [-0.15, -0.1) is 0 Å². The average molecular weight is 287 g/mol. The van der Waals surface area contributed by atoms with Crippen LogP contribution in [0.15, 0.2) is 17.0 Å². The molecule has 1 heterocycles. The SMILES string of the molecule is Cc1cc(F)cc(C)c1S(=O)(=O)N1CCC(O)CC1. The molecule has 1 fully saturated rings. The molecule has 0 saturated carbocycles. The highest BCUT2D eigenvalue weighted by molar-refractivity contribution is 7.89. The van der Waals surface area contributed by atoms with Crippen molar-refractivity contribution in [3.8, 4) is 0 Å². The number of piperidine rings is 1. The fourth-order valence-electron chi connectivity index (χ4n) is 2.52. The van der Waals surface area contributed by atoms with Crippen LogP contribution in [-0.4, -0.2) is 37.0 Å². The molecule has 0 amide bonds. The molecule has 1 aliphatic rings. The zero-order chi connectivity index (χ0) is 14.2. The molecule has 1 aliphatic heterocycles. The number of aryl methyl sites for hydroxylation is 2. The number of nitrogens with zero attached hydrogens (tertiary/aromatic N) is 1. The summed E-state index contributed by atoms with van der Waals surface area (Å²) in [7, 11) is -3.61. The third-order valence-electron chi connectivity index (χ3n) is 3.45. The maximum Gasteiger partial charge on any atom is 0.243 e. The average Bonchev–Trinajstić information content (AvgIpc) is 2.27. The van der Waals surface area contributed by atoms with E-state index < -0.39 is 21.9 Å². The Bertz CT molecular complexity index is 555. The van der Waals surface area contributed by atoms with Crippen molar-refractivity contribution in [3.05, 3.63) is 29.1 Å². The van der Waals surface area contributed by atoms with Gasteiger partial charge in [-0.3, -0.25) is 0 Å². The molecule has 4 nitrogen and oxygen atoms in total. The van der Waals surface area contributed by atoms with Gasteiger partial charge in [-0.2, -0.15) is 4.31 Å². The summed E-state index contributed by atoms with van der Waals surface area (Å²) in [6.07, 6.45) is 0.457. The third kappa shape index (κ3) is 2.80. The first-order valence-corrected chi connectivity index (χ1v) is 7.71. The Balaban J connectivity index is 2.40. The summed E-state index contributed by atoms with van der Waals surface area (Å²) in [5.74, 6) is -0.428. The predicted molar refractivity (Wildman–Crippen MR) is 69.9 cm³/mol. The summed E-state index contributed by atoms with van der Waals surface area (Å²) in [6.45, 7) is 3.81. The monoisotopic (exact) mass is 287 g/mol. The minimum atomic E-state index is -3.61. The second-order valence-electron chi connectivity index (χ2n) is 5.00. The van der Waals surface area contributed by atoms with Crippen molar-refractivity contribution in [2.45, 2.75) is 37.7 Å². The van der Waals surface area contributed by atoms with Crippen LogP contribution in [-0.2, 0) is 10.0 Å². The van der Waals surface area contributed by atoms with E-state index in [1.165, 1.54) is 16.4 Å². The van der Waals surface area contributed by atoms with Gasteiger partial charge in [-0.1, -0.05) is 0 Å². The van der Waals surface area contributed by atoms with Crippen LogP contribution in [0, 0.1) is 19.7 Å². The van der Waals surface area contributed by atoms with E-state index in [0.29, 0.717) is 37.1 Å². The lowest BCUT2D eigenvalue weighted by atomic mass is 10.1. The first-order chi connectivity index (χ1) is 8.82. The molecule has 0 aliphatic carbocycles. The normalized spacial score (nSPS) is 18.7. The zero-order valence-corrected chi connectivity index (χ0v) is 11.9. The smallest absolute Gasteiger partial charge is 0.243 e. The van der Waals surface area contributed by atoms with Gasteiger partial charge in [0.15, 0.2) is 0 Å². The molecule has 1 saturated heterocycles. The summed E-state index contributed by atoms with van der Waals surface area (Å²) in [6, 6.07) is 2.47. The topological polar surface area (TPSA) is 57.6 Å². The molecule has 2 rings (SSSR count). The molecule has 0 unspecified atom stereocenters. The van der Waals surface area contributed by atoms with Crippen molar-refractivity contribution in [3.63, 3.8) is 0 Å². The summed E-state index contributed by atoms with van der Waals surface area (Å²) >= 11 is 0. The van der Waals surface area contributed by atoms with Gasteiger partial charge in [0.1, 0.15) is 5.82 Å². The molecule has 19 heavy (non-hydrogen) atoms. The molecule has 0 spiro atoms. The van der Waals surface area contributed by atoms with E-state index in [1.807, 2.05) is 0 Å². The van der Waals surface area contributed by atoms with Crippen LogP contribution >= 0.6 is 0 Å². The van der Waals surface area contributed by atoms with Crippen LogP contribution in [0.1, 0.15) is 24.0 Å². The molecular weight excluding hydrogens is 269 g/mol. The van der Waals surface area contributed by atoms with Crippen molar-refractivity contribution >= 4 is 10.0 Å². The quantitative estimate of drug-likeness (QED) is 0.898. The van der Waals surface area contributed by atoms with E-state index in [2.05, 4.69) is 0 Å². The molecule has 1 aromatic carbocycles. The van der Waals surface area contributed by atoms with E-state index in [4.69, 9.17) is 0 Å². The number of hydrogen-bond acceptors (Lipinski definition) is 3. The van der Waals surface area contributed by atoms with Gasteiger partial charge in [-0.05, 0) is 49.9 Å². The predicted octanol–water partition coefficient (Wildman–Crippen LogP) is 1.59. The lowest BCUT2D eigenvalue weighted by Crippen LogP contribution is -2.40. The lowest BCUT2D eigenvalue weighted by molar-refractivity contribution is 0.113. The summed E-state index contributed by atoms with van der Waals surface area (Å²) < 4.78 is 39.8. The van der Waals surface area contributed by atoms with E-state index in [1.54, 1.807) is 13.8 Å². The Labute approximate surface area is 112 Å². The van der Waals surface area contributed by atoms with Gasteiger partial charge in [-0.25, -0.2) is 12.8 Å². The first kappa shape index (κ1) is 14.4. The minimum absolute atomic E-state index is 0.185. The van der Waals surface area contributed by atoms with Crippen LogP contribution in [0.3, 0.4) is 0 Å². The van der Waals surface area contributed by atoms with Crippen molar-refractivity contribution in [2.75, 3.05) is 13.1 Å². The number of rotatable bonds is 2. The molecule has 0 aromatic heterocycles. The minimum Gasteiger partial charge on any atom is -0.393 e. The molecule has 0 radical (unpaired) electrons. The van der Waals surface area contributed by atoms with Gasteiger partial charge in [0.05, 0.1) is 11.0 Å². The molecule has 6 heteroatoms. The van der Waals surface area contributed by atoms with E-state index in [-0.39, 0.29) is 4.90 Å². The number of aliphatic hydroxyl groups is 1. The van der Waals surface area contributed by atoms with Crippen molar-refractivity contribution in [1.29, 1.82) is 0 Å². The van der Waals surface area contributed by atoms with Gasteiger partial charge in [0.25, 0.3) is 0 Å². The largest absolute Gasteiger partial charge is 0.393 e. The zero-order valence-electron chi connectivity index (χ0n) is 11.1. The Hall–Kier alpha value is -0.980. The molecule has 1 aromatic rings. The number of halogens is 1. The van der Waals surface area contributed by atoms with Crippen molar-refractivity contribution in [1.82, 2.24) is 4.31 Å². The number of aliphatic hydroxyl groups excluding tert-OH is 1. The van der Waals surface area contributed by atoms with Crippen LogP contribution in [0.5, 0.6) is 0 Å².